The predicted octanol–water partition coefficient (Wildman–Crippen LogP) is 5.14. The van der Waals surface area contributed by atoms with Crippen molar-refractivity contribution in [3.05, 3.63) is 64.9 Å². The molecule has 0 N–H and O–H groups in total. The van der Waals surface area contributed by atoms with Gasteiger partial charge in [0.2, 0.25) is 0 Å². The second-order valence-corrected chi connectivity index (χ2v) is 6.95. The van der Waals surface area contributed by atoms with Gasteiger partial charge >= 0.3 is 0 Å². The average molecular weight is 377 g/mol. The topological polar surface area (TPSA) is 43.6 Å². The van der Waals surface area contributed by atoms with Crippen LogP contribution in [0.2, 0.25) is 5.02 Å². The number of hydrogen-bond donors (Lipinski definition) is 0. The quantitative estimate of drug-likeness (QED) is 0.578. The van der Waals surface area contributed by atoms with E-state index < -0.39 is 0 Å². The Bertz CT molecular complexity index is 878. The van der Waals surface area contributed by atoms with Crippen molar-refractivity contribution in [2.75, 3.05) is 5.75 Å². The highest BCUT2D eigenvalue weighted by Crippen LogP contribution is 2.32. The Labute approximate surface area is 154 Å². The lowest BCUT2D eigenvalue weighted by Crippen LogP contribution is -2.02. The van der Waals surface area contributed by atoms with E-state index in [1.807, 2.05) is 41.8 Å². The first-order valence-corrected chi connectivity index (χ1v) is 8.89. The highest BCUT2D eigenvalue weighted by Gasteiger charge is 2.18. The van der Waals surface area contributed by atoms with Gasteiger partial charge in [0.15, 0.2) is 11.0 Å². The normalized spacial score (nSPS) is 10.8. The first kappa shape index (κ1) is 17.0. The summed E-state index contributed by atoms with van der Waals surface area (Å²) in [5, 5.41) is 10.7. The van der Waals surface area contributed by atoms with E-state index in [1.54, 1.807) is 12.4 Å². The number of rotatable bonds is 5. The lowest BCUT2D eigenvalue weighted by Gasteiger charge is -2.13. The van der Waals surface area contributed by atoms with E-state index in [1.165, 1.54) is 11.8 Å². The largest absolute Gasteiger partial charge is 0.270 e. The maximum absolute atomic E-state index is 6.30. The number of thioether (sulfide) groups is 1. The zero-order valence-corrected chi connectivity index (χ0v) is 15.2. The van der Waals surface area contributed by atoms with Crippen molar-refractivity contribution in [2.24, 2.45) is 0 Å². The third-order valence-corrected chi connectivity index (χ3v) is 5.13. The molecule has 122 valence electrons. The molecule has 0 aliphatic rings. The smallest absolute Gasteiger partial charge is 0.196 e. The second kappa shape index (κ2) is 7.38. The van der Waals surface area contributed by atoms with Gasteiger partial charge in [0.1, 0.15) is 0 Å². The average Bonchev–Trinajstić information content (AvgIpc) is 3.00. The first-order chi connectivity index (χ1) is 11.6. The molecular weight excluding hydrogens is 363 g/mol. The summed E-state index contributed by atoms with van der Waals surface area (Å²) in [5.41, 5.74) is 2.82. The molecule has 0 aliphatic heterocycles. The van der Waals surface area contributed by atoms with Gasteiger partial charge in [-0.15, -0.1) is 10.2 Å². The van der Waals surface area contributed by atoms with Crippen molar-refractivity contribution >= 4 is 35.0 Å². The van der Waals surface area contributed by atoms with Gasteiger partial charge in [-0.05, 0) is 36.8 Å². The molecule has 3 aromatic rings. The van der Waals surface area contributed by atoms with Gasteiger partial charge in [-0.1, -0.05) is 47.6 Å². The molecule has 24 heavy (non-hydrogen) atoms. The summed E-state index contributed by atoms with van der Waals surface area (Å²) in [5.74, 6) is 1.28. The van der Waals surface area contributed by atoms with Crippen LogP contribution in [0.1, 0.15) is 5.56 Å². The van der Waals surface area contributed by atoms with Crippen LogP contribution in [0.15, 0.2) is 59.5 Å². The highest BCUT2D eigenvalue weighted by atomic mass is 35.5. The van der Waals surface area contributed by atoms with E-state index in [4.69, 9.17) is 23.2 Å². The van der Waals surface area contributed by atoms with Gasteiger partial charge in [-0.2, -0.15) is 0 Å². The van der Waals surface area contributed by atoms with E-state index in [9.17, 15) is 0 Å². The molecule has 0 radical (unpaired) electrons. The molecule has 0 unspecified atom stereocenters. The minimum absolute atomic E-state index is 0.551. The van der Waals surface area contributed by atoms with E-state index >= 15 is 0 Å². The highest BCUT2D eigenvalue weighted by molar-refractivity contribution is 7.99. The molecule has 0 amide bonds. The van der Waals surface area contributed by atoms with Crippen LogP contribution in [0.3, 0.4) is 0 Å². The number of nitrogens with zero attached hydrogens (tertiary/aromatic N) is 4. The van der Waals surface area contributed by atoms with Gasteiger partial charge < -0.3 is 0 Å². The van der Waals surface area contributed by atoms with Crippen molar-refractivity contribution in [3.8, 4) is 17.1 Å². The van der Waals surface area contributed by atoms with Gasteiger partial charge in [0, 0.05) is 33.8 Å². The molecule has 2 aromatic heterocycles. The molecule has 4 nitrogen and oxygen atoms in total. The zero-order chi connectivity index (χ0) is 17.1. The Morgan fingerprint density at radius 2 is 1.96 bits per heavy atom. The first-order valence-electron chi connectivity index (χ1n) is 7.15. The van der Waals surface area contributed by atoms with Crippen molar-refractivity contribution in [2.45, 2.75) is 12.1 Å². The molecule has 7 heteroatoms. The molecular formula is C17H14Cl2N4S. The Hall–Kier alpha value is -1.82. The molecule has 0 saturated carbocycles. The Morgan fingerprint density at radius 1 is 1.21 bits per heavy atom. The Kier molecular flexibility index (Phi) is 5.23. The van der Waals surface area contributed by atoms with Crippen LogP contribution >= 0.6 is 35.0 Å². The molecule has 0 fully saturated rings. The van der Waals surface area contributed by atoms with Crippen LogP contribution < -0.4 is 0 Å². The minimum Gasteiger partial charge on any atom is -0.270 e. The van der Waals surface area contributed by atoms with Crippen LogP contribution in [-0.2, 0) is 0 Å². The van der Waals surface area contributed by atoms with Crippen LogP contribution in [-0.4, -0.2) is 25.5 Å². The second-order valence-electron chi connectivity index (χ2n) is 5.07. The number of pyridine rings is 1. The zero-order valence-electron chi connectivity index (χ0n) is 12.9. The molecule has 0 bridgehead atoms. The summed E-state index contributed by atoms with van der Waals surface area (Å²) >= 11 is 13.7. The third kappa shape index (κ3) is 3.48. The predicted molar refractivity (Wildman–Crippen MR) is 100 cm³/mol. The number of benzene rings is 1. The Balaban J connectivity index is 2.18. The Morgan fingerprint density at radius 3 is 2.67 bits per heavy atom. The van der Waals surface area contributed by atoms with E-state index in [0.29, 0.717) is 15.8 Å². The van der Waals surface area contributed by atoms with E-state index in [0.717, 1.165) is 27.8 Å². The number of hydrogen-bond acceptors (Lipinski definition) is 4. The summed E-state index contributed by atoms with van der Waals surface area (Å²) in [4.78, 5) is 4.06. The minimum atomic E-state index is 0.551. The molecule has 0 atom stereocenters. The van der Waals surface area contributed by atoms with Crippen molar-refractivity contribution in [1.82, 2.24) is 19.7 Å². The molecule has 0 spiro atoms. The summed E-state index contributed by atoms with van der Waals surface area (Å²) in [7, 11) is 0. The number of halogens is 2. The summed E-state index contributed by atoms with van der Waals surface area (Å²) in [6.07, 6.45) is 3.46. The third-order valence-electron chi connectivity index (χ3n) is 3.41. The lowest BCUT2D eigenvalue weighted by atomic mass is 10.2. The summed E-state index contributed by atoms with van der Waals surface area (Å²) in [6, 6.07) is 9.57. The fourth-order valence-electron chi connectivity index (χ4n) is 2.25. The van der Waals surface area contributed by atoms with Crippen LogP contribution in [0, 0.1) is 6.92 Å². The maximum Gasteiger partial charge on any atom is 0.196 e. The van der Waals surface area contributed by atoms with Crippen LogP contribution in [0.5, 0.6) is 0 Å². The standard InChI is InChI=1S/C17H14Cl2N4S/c1-11(18)10-24-17-22-21-16(13-6-8-20-9-7-13)23(17)15-5-3-4-14(19)12(15)2/h3-9H,1,10H2,2H3. The number of aromatic nitrogens is 4. The summed E-state index contributed by atoms with van der Waals surface area (Å²) in [6.45, 7) is 5.70. The van der Waals surface area contributed by atoms with Crippen molar-refractivity contribution in [1.29, 1.82) is 0 Å². The monoisotopic (exact) mass is 376 g/mol. The molecule has 1 aromatic carbocycles. The van der Waals surface area contributed by atoms with Gasteiger partial charge in [-0.3, -0.25) is 9.55 Å². The van der Waals surface area contributed by atoms with Gasteiger partial charge in [0.05, 0.1) is 5.69 Å². The van der Waals surface area contributed by atoms with Crippen LogP contribution in [0.25, 0.3) is 17.1 Å². The lowest BCUT2D eigenvalue weighted by molar-refractivity contribution is 0.882. The fourth-order valence-corrected chi connectivity index (χ4v) is 3.28. The summed E-state index contributed by atoms with van der Waals surface area (Å²) < 4.78 is 1.99. The van der Waals surface area contributed by atoms with E-state index in [2.05, 4.69) is 21.8 Å². The fraction of sp³-hybridized carbons (Fsp3) is 0.118. The van der Waals surface area contributed by atoms with Crippen molar-refractivity contribution < 1.29 is 0 Å². The molecule has 0 saturated heterocycles. The van der Waals surface area contributed by atoms with Crippen molar-refractivity contribution in [3.63, 3.8) is 0 Å². The molecule has 2 heterocycles. The van der Waals surface area contributed by atoms with Gasteiger partial charge in [-0.25, -0.2) is 0 Å². The van der Waals surface area contributed by atoms with E-state index in [-0.39, 0.29) is 0 Å². The SMILES string of the molecule is C=C(Cl)CSc1nnc(-c2ccncc2)n1-c1cccc(Cl)c1C. The van der Waals surface area contributed by atoms with Crippen LogP contribution in [0.4, 0.5) is 0 Å². The molecule has 3 rings (SSSR count). The van der Waals surface area contributed by atoms with Gasteiger partial charge in [0.25, 0.3) is 0 Å². The molecule has 0 aliphatic carbocycles. The maximum atomic E-state index is 6.30.